The largest absolute Gasteiger partial charge is 0.444 e. The summed E-state index contributed by atoms with van der Waals surface area (Å²) in [6.07, 6.45) is 5.34. The summed E-state index contributed by atoms with van der Waals surface area (Å²) >= 11 is 0. The number of rotatable bonds is 4. The molecule has 2 aromatic carbocycles. The lowest BCUT2D eigenvalue weighted by atomic mass is 10.1. The number of hydrogen-bond acceptors (Lipinski definition) is 7. The lowest BCUT2D eigenvalue weighted by molar-refractivity contribution is 0.0240. The minimum atomic E-state index is -0.489. The molecule has 0 saturated carbocycles. The van der Waals surface area contributed by atoms with Crippen LogP contribution in [0.15, 0.2) is 72.3 Å². The van der Waals surface area contributed by atoms with E-state index >= 15 is 0 Å². The molecule has 0 atom stereocenters. The molecule has 10 heteroatoms. The number of aromatic nitrogens is 3. The molecule has 1 aliphatic rings. The zero-order valence-electron chi connectivity index (χ0n) is 21.7. The fraction of sp³-hybridized carbons (Fsp3) is 0.286. The number of benzene rings is 2. The zero-order valence-corrected chi connectivity index (χ0v) is 21.7. The van der Waals surface area contributed by atoms with Crippen LogP contribution in [0.2, 0.25) is 0 Å². The molecule has 0 bridgehead atoms. The van der Waals surface area contributed by atoms with Gasteiger partial charge in [0.15, 0.2) is 11.5 Å². The highest BCUT2D eigenvalue weighted by Gasteiger charge is 2.26. The van der Waals surface area contributed by atoms with Crippen molar-refractivity contribution in [1.29, 1.82) is 0 Å². The Hall–Kier alpha value is -4.60. The lowest BCUT2D eigenvalue weighted by Gasteiger charge is -2.36. The Morgan fingerprint density at radius 3 is 2.24 bits per heavy atom. The third-order valence-corrected chi connectivity index (χ3v) is 6.45. The topological polar surface area (TPSA) is 122 Å². The van der Waals surface area contributed by atoms with Gasteiger partial charge in [-0.2, -0.15) is 5.10 Å². The maximum absolute atomic E-state index is 12.3. The number of nitrogens with zero attached hydrogens (tertiary/aromatic N) is 6. The molecule has 1 saturated heterocycles. The zero-order chi connectivity index (χ0) is 26.9. The van der Waals surface area contributed by atoms with Gasteiger partial charge in [-0.05, 0) is 44.0 Å². The average Bonchev–Trinajstić information content (AvgIpc) is 3.35. The lowest BCUT2D eigenvalue weighted by Crippen LogP contribution is -2.50. The Balaban J connectivity index is 1.27. The van der Waals surface area contributed by atoms with Gasteiger partial charge in [0.2, 0.25) is 0 Å². The van der Waals surface area contributed by atoms with E-state index in [-0.39, 0.29) is 11.9 Å². The van der Waals surface area contributed by atoms with E-state index in [0.717, 1.165) is 46.7 Å². The molecule has 38 heavy (non-hydrogen) atoms. The first-order valence-electron chi connectivity index (χ1n) is 12.5. The normalized spacial score (nSPS) is 14.7. The quantitative estimate of drug-likeness (QED) is 0.181. The van der Waals surface area contributed by atoms with Crippen LogP contribution < -0.4 is 10.6 Å². The Kier molecular flexibility index (Phi) is 6.62. The third kappa shape index (κ3) is 5.24. The molecule has 3 N–H and O–H groups in total. The number of nitrogens with two attached hydrogens (primary N) is 1. The molecule has 5 rings (SSSR count). The van der Waals surface area contributed by atoms with Crippen molar-refractivity contribution >= 4 is 23.3 Å². The maximum atomic E-state index is 12.3. The third-order valence-electron chi connectivity index (χ3n) is 6.45. The number of hydrogen-bond donors (Lipinski definition) is 2. The van der Waals surface area contributed by atoms with Gasteiger partial charge in [0.05, 0.1) is 6.20 Å². The highest BCUT2D eigenvalue weighted by atomic mass is 16.6. The average molecular weight is 514 g/mol. The van der Waals surface area contributed by atoms with Crippen molar-refractivity contribution in [3.8, 4) is 22.3 Å². The van der Waals surface area contributed by atoms with Crippen LogP contribution in [0.5, 0.6) is 0 Å². The minimum Gasteiger partial charge on any atom is -0.444 e. The number of ether oxygens (including phenoxy) is 1. The first-order valence-corrected chi connectivity index (χ1v) is 12.5. The van der Waals surface area contributed by atoms with Gasteiger partial charge in [0, 0.05) is 61.0 Å². The Morgan fingerprint density at radius 2 is 1.61 bits per heavy atom. The number of carbonyl (C=O) groups excluding carboxylic acids is 1. The van der Waals surface area contributed by atoms with Crippen LogP contribution in [0.4, 0.5) is 10.5 Å². The smallest absolute Gasteiger partial charge is 0.410 e. The molecule has 0 aliphatic carbocycles. The summed E-state index contributed by atoms with van der Waals surface area (Å²) in [6.45, 7) is 8.41. The van der Waals surface area contributed by atoms with Crippen molar-refractivity contribution in [2.75, 3.05) is 31.1 Å². The second-order valence-corrected chi connectivity index (χ2v) is 10.2. The fourth-order valence-electron chi connectivity index (χ4n) is 4.44. The molecule has 0 radical (unpaired) electrons. The number of oxime groups is 1. The van der Waals surface area contributed by atoms with E-state index < -0.39 is 5.60 Å². The second-order valence-electron chi connectivity index (χ2n) is 10.2. The molecule has 10 nitrogen and oxygen atoms in total. The molecular formula is C28H31N7O3. The monoisotopic (exact) mass is 513 g/mol. The van der Waals surface area contributed by atoms with Gasteiger partial charge in [-0.3, -0.25) is 0 Å². The molecule has 0 spiro atoms. The fourth-order valence-corrected chi connectivity index (χ4v) is 4.44. The highest BCUT2D eigenvalue weighted by molar-refractivity contribution is 5.97. The highest BCUT2D eigenvalue weighted by Crippen LogP contribution is 2.27. The van der Waals surface area contributed by atoms with Crippen molar-refractivity contribution < 1.29 is 14.7 Å². The summed E-state index contributed by atoms with van der Waals surface area (Å²) in [5, 5.41) is 16.4. The van der Waals surface area contributed by atoms with Crippen molar-refractivity contribution in [3.63, 3.8) is 0 Å². The van der Waals surface area contributed by atoms with Gasteiger partial charge >= 0.3 is 6.09 Å². The van der Waals surface area contributed by atoms with E-state index in [2.05, 4.69) is 44.4 Å². The van der Waals surface area contributed by atoms with E-state index in [1.807, 2.05) is 45.3 Å². The van der Waals surface area contributed by atoms with Crippen LogP contribution >= 0.6 is 0 Å². The summed E-state index contributed by atoms with van der Waals surface area (Å²) in [5.74, 6) is 0.0632. The molecule has 0 unspecified atom stereocenters. The molecule has 3 heterocycles. The van der Waals surface area contributed by atoms with E-state index in [9.17, 15) is 4.79 Å². The van der Waals surface area contributed by atoms with Crippen molar-refractivity contribution in [3.05, 3.63) is 72.7 Å². The maximum Gasteiger partial charge on any atom is 0.410 e. The van der Waals surface area contributed by atoms with E-state index in [1.165, 1.54) is 0 Å². The Labute approximate surface area is 220 Å². The van der Waals surface area contributed by atoms with Crippen molar-refractivity contribution in [1.82, 2.24) is 19.5 Å². The minimum absolute atomic E-state index is 0.0632. The van der Waals surface area contributed by atoms with Gasteiger partial charge < -0.3 is 25.5 Å². The van der Waals surface area contributed by atoms with Gasteiger partial charge in [-0.1, -0.05) is 41.6 Å². The van der Waals surface area contributed by atoms with Crippen LogP contribution in [-0.2, 0) is 4.74 Å². The Morgan fingerprint density at radius 1 is 0.947 bits per heavy atom. The predicted octanol–water partition coefficient (Wildman–Crippen LogP) is 4.21. The summed E-state index contributed by atoms with van der Waals surface area (Å²) in [6, 6.07) is 15.7. The molecule has 196 valence electrons. The van der Waals surface area contributed by atoms with Gasteiger partial charge in [-0.15, -0.1) is 0 Å². The molecule has 1 aliphatic heterocycles. The molecule has 4 aromatic rings. The van der Waals surface area contributed by atoms with Crippen molar-refractivity contribution in [2.45, 2.75) is 26.4 Å². The summed E-state index contributed by atoms with van der Waals surface area (Å²) < 4.78 is 7.27. The number of amidine groups is 1. The van der Waals surface area contributed by atoms with Crippen LogP contribution in [0, 0.1) is 0 Å². The molecule has 2 aromatic heterocycles. The number of piperazine rings is 1. The first kappa shape index (κ1) is 25.1. The van der Waals surface area contributed by atoms with E-state index in [1.54, 1.807) is 27.7 Å². The Bertz CT molecular complexity index is 1460. The predicted molar refractivity (Wildman–Crippen MR) is 146 cm³/mol. The number of anilines is 1. The van der Waals surface area contributed by atoms with Crippen LogP contribution in [0.1, 0.15) is 26.3 Å². The molecule has 1 fully saturated rings. The molecule has 1 amide bonds. The van der Waals surface area contributed by atoms with Crippen molar-refractivity contribution in [2.24, 2.45) is 10.9 Å². The number of fused-ring (bicyclic) bond motifs is 1. The van der Waals surface area contributed by atoms with Gasteiger partial charge in [0.25, 0.3) is 0 Å². The second kappa shape index (κ2) is 10.0. The van der Waals surface area contributed by atoms with Crippen LogP contribution in [0.3, 0.4) is 0 Å². The van der Waals surface area contributed by atoms with Crippen LogP contribution in [0.25, 0.3) is 27.9 Å². The number of amides is 1. The van der Waals surface area contributed by atoms with E-state index in [4.69, 9.17) is 15.7 Å². The number of carbonyl (C=O) groups is 1. The standard InChI is InChI=1S/C28H31N7O3/c1-28(2,3)38-27(36)34-14-12-33(13-15-34)23-10-8-19(9-11-23)22-16-30-26-24(17-31-35(26)18-22)20-4-6-21(7-5-20)25(29)32-37/h4-11,16-18,37H,12-15H2,1-3H3,(H2,29,32). The SMILES string of the molecule is CC(C)(C)OC(=O)N1CCN(c2ccc(-c3cnc4c(-c5ccc(/C(N)=N\O)cc5)cnn4c3)cc2)CC1. The van der Waals surface area contributed by atoms with Gasteiger partial charge in [-0.25, -0.2) is 14.3 Å². The summed E-state index contributed by atoms with van der Waals surface area (Å²) in [4.78, 5) is 21.1. The summed E-state index contributed by atoms with van der Waals surface area (Å²) in [5.41, 5.74) is 11.5. The first-order chi connectivity index (χ1) is 18.2. The van der Waals surface area contributed by atoms with Crippen LogP contribution in [-0.4, -0.2) is 68.4 Å². The molecular weight excluding hydrogens is 482 g/mol. The summed E-state index contributed by atoms with van der Waals surface area (Å²) in [7, 11) is 0. The van der Waals surface area contributed by atoms with Gasteiger partial charge in [0.1, 0.15) is 5.60 Å². The van der Waals surface area contributed by atoms with E-state index in [0.29, 0.717) is 18.7 Å².